The lowest BCUT2D eigenvalue weighted by atomic mass is 10.1. The molecule has 3 heterocycles. The van der Waals surface area contributed by atoms with Gasteiger partial charge in [0.2, 0.25) is 0 Å². The maximum atomic E-state index is 13.0. The Morgan fingerprint density at radius 3 is 2.67 bits per heavy atom. The number of nitrogens with zero attached hydrogens (tertiary/aromatic N) is 5. The predicted octanol–water partition coefficient (Wildman–Crippen LogP) is 3.53. The normalized spacial score (nSPS) is 18.1. The molecule has 0 radical (unpaired) electrons. The van der Waals surface area contributed by atoms with E-state index in [-0.39, 0.29) is 11.8 Å². The molecule has 1 unspecified atom stereocenters. The first kappa shape index (κ1) is 17.6. The van der Waals surface area contributed by atoms with Crippen molar-refractivity contribution in [1.82, 2.24) is 19.6 Å². The molecule has 0 spiro atoms. The third kappa shape index (κ3) is 3.67. The number of fused-ring (bicyclic) bond motifs is 1. The van der Waals surface area contributed by atoms with Crippen LogP contribution < -0.4 is 10.2 Å². The molecule has 1 atom stereocenters. The van der Waals surface area contributed by atoms with Gasteiger partial charge in [0.25, 0.3) is 11.6 Å². The van der Waals surface area contributed by atoms with Gasteiger partial charge in [0.05, 0.1) is 0 Å². The molecule has 1 saturated heterocycles. The summed E-state index contributed by atoms with van der Waals surface area (Å²) in [7, 11) is 0. The average molecular weight is 376 g/mol. The Balaban J connectivity index is 1.63. The standard InChI is InChI=1S/C18H19F3N6/c1-12-10-15(27-17(22-12)24-16(25-27)18(19,20)21)26-9-5-8-14(11-26)23-13-6-3-2-4-7-13/h2-4,6-7,10,14,23H,5,8-9,11H2,1H3. The van der Waals surface area contributed by atoms with Gasteiger partial charge in [-0.2, -0.15) is 22.7 Å². The van der Waals surface area contributed by atoms with Gasteiger partial charge in [-0.3, -0.25) is 0 Å². The molecule has 27 heavy (non-hydrogen) atoms. The average Bonchev–Trinajstić information content (AvgIpc) is 3.06. The molecule has 6 nitrogen and oxygen atoms in total. The molecule has 142 valence electrons. The molecule has 0 saturated carbocycles. The zero-order chi connectivity index (χ0) is 19.0. The summed E-state index contributed by atoms with van der Waals surface area (Å²) in [5.74, 6) is -0.617. The van der Waals surface area contributed by atoms with E-state index in [1.54, 1.807) is 13.0 Å². The van der Waals surface area contributed by atoms with Gasteiger partial charge in [-0.15, -0.1) is 5.10 Å². The van der Waals surface area contributed by atoms with Gasteiger partial charge in [-0.1, -0.05) is 18.2 Å². The predicted molar refractivity (Wildman–Crippen MR) is 95.8 cm³/mol. The number of piperidine rings is 1. The van der Waals surface area contributed by atoms with E-state index >= 15 is 0 Å². The number of aryl methyl sites for hydroxylation is 1. The van der Waals surface area contributed by atoms with Crippen LogP contribution in [0.1, 0.15) is 24.4 Å². The van der Waals surface area contributed by atoms with Crippen LogP contribution in [0.25, 0.3) is 5.78 Å². The molecule has 2 aromatic heterocycles. The Kier molecular flexibility index (Phi) is 4.37. The van der Waals surface area contributed by atoms with E-state index in [1.165, 1.54) is 4.52 Å². The second-order valence-corrected chi connectivity index (χ2v) is 6.70. The number of nitrogens with one attached hydrogen (secondary N) is 1. The van der Waals surface area contributed by atoms with Crippen LogP contribution >= 0.6 is 0 Å². The lowest BCUT2D eigenvalue weighted by Gasteiger charge is -2.35. The van der Waals surface area contributed by atoms with E-state index < -0.39 is 12.0 Å². The molecule has 0 amide bonds. The number of hydrogen-bond donors (Lipinski definition) is 1. The highest BCUT2D eigenvalue weighted by Gasteiger charge is 2.37. The van der Waals surface area contributed by atoms with Crippen molar-refractivity contribution in [3.63, 3.8) is 0 Å². The first-order valence-corrected chi connectivity index (χ1v) is 8.78. The minimum Gasteiger partial charge on any atom is -0.381 e. The summed E-state index contributed by atoms with van der Waals surface area (Å²) in [4.78, 5) is 9.70. The SMILES string of the molecule is Cc1cc(N2CCCC(Nc3ccccc3)C2)n2nc(C(F)(F)F)nc2n1. The van der Waals surface area contributed by atoms with Crippen molar-refractivity contribution in [3.05, 3.63) is 47.9 Å². The summed E-state index contributed by atoms with van der Waals surface area (Å²) < 4.78 is 40.2. The smallest absolute Gasteiger partial charge is 0.381 e. The Morgan fingerprint density at radius 2 is 1.93 bits per heavy atom. The summed E-state index contributed by atoms with van der Waals surface area (Å²) in [5, 5.41) is 7.16. The molecule has 1 N–H and O–H groups in total. The largest absolute Gasteiger partial charge is 0.453 e. The van der Waals surface area contributed by atoms with Gasteiger partial charge >= 0.3 is 6.18 Å². The van der Waals surface area contributed by atoms with Crippen molar-refractivity contribution in [2.45, 2.75) is 32.0 Å². The van der Waals surface area contributed by atoms with Gasteiger partial charge in [-0.25, -0.2) is 4.98 Å². The maximum absolute atomic E-state index is 13.0. The van der Waals surface area contributed by atoms with Crippen LogP contribution in [0.3, 0.4) is 0 Å². The van der Waals surface area contributed by atoms with Crippen molar-refractivity contribution in [3.8, 4) is 0 Å². The summed E-state index contributed by atoms with van der Waals surface area (Å²) in [5.41, 5.74) is 1.64. The molecular formula is C18H19F3N6. The Hall–Kier alpha value is -2.84. The van der Waals surface area contributed by atoms with E-state index in [0.29, 0.717) is 18.1 Å². The molecule has 1 aliphatic rings. The first-order chi connectivity index (χ1) is 12.9. The third-order valence-electron chi connectivity index (χ3n) is 4.56. The molecule has 9 heteroatoms. The molecular weight excluding hydrogens is 357 g/mol. The summed E-state index contributed by atoms with van der Waals surface area (Å²) in [6.45, 7) is 3.15. The molecule has 0 aliphatic carbocycles. The Bertz CT molecular complexity index is 937. The van der Waals surface area contributed by atoms with Crippen molar-refractivity contribution < 1.29 is 13.2 Å². The maximum Gasteiger partial charge on any atom is 0.453 e. The summed E-state index contributed by atoms with van der Waals surface area (Å²) in [6.07, 6.45) is -2.68. The number of para-hydroxylation sites is 1. The quantitative estimate of drug-likeness (QED) is 0.758. The number of aromatic nitrogens is 4. The zero-order valence-corrected chi connectivity index (χ0v) is 14.7. The molecule has 1 fully saturated rings. The van der Waals surface area contributed by atoms with Crippen LogP contribution in [0.4, 0.5) is 24.7 Å². The highest BCUT2D eigenvalue weighted by molar-refractivity contribution is 5.50. The first-order valence-electron chi connectivity index (χ1n) is 8.78. The van der Waals surface area contributed by atoms with Crippen LogP contribution in [-0.2, 0) is 6.18 Å². The van der Waals surface area contributed by atoms with Crippen molar-refractivity contribution in [1.29, 1.82) is 0 Å². The summed E-state index contributed by atoms with van der Waals surface area (Å²) in [6, 6.07) is 11.8. The number of rotatable bonds is 3. The topological polar surface area (TPSA) is 58.4 Å². The monoisotopic (exact) mass is 376 g/mol. The lowest BCUT2D eigenvalue weighted by Crippen LogP contribution is -2.43. The second kappa shape index (κ2) is 6.71. The Morgan fingerprint density at radius 1 is 1.15 bits per heavy atom. The van der Waals surface area contributed by atoms with Gasteiger partial charge in [-0.05, 0) is 31.9 Å². The fourth-order valence-corrected chi connectivity index (χ4v) is 3.39. The fourth-order valence-electron chi connectivity index (χ4n) is 3.39. The van der Waals surface area contributed by atoms with E-state index in [2.05, 4.69) is 20.4 Å². The van der Waals surface area contributed by atoms with E-state index in [1.807, 2.05) is 35.2 Å². The number of hydrogen-bond acceptors (Lipinski definition) is 5. The Labute approximate surface area is 154 Å². The van der Waals surface area contributed by atoms with E-state index in [4.69, 9.17) is 0 Å². The van der Waals surface area contributed by atoms with Crippen LogP contribution in [0.5, 0.6) is 0 Å². The van der Waals surface area contributed by atoms with Gasteiger partial charge < -0.3 is 10.2 Å². The zero-order valence-electron chi connectivity index (χ0n) is 14.7. The molecule has 0 bridgehead atoms. The lowest BCUT2D eigenvalue weighted by molar-refractivity contribution is -0.144. The van der Waals surface area contributed by atoms with E-state index in [0.717, 1.165) is 25.1 Å². The molecule has 3 aromatic rings. The van der Waals surface area contributed by atoms with Crippen LogP contribution in [-0.4, -0.2) is 38.7 Å². The highest BCUT2D eigenvalue weighted by Crippen LogP contribution is 2.28. The van der Waals surface area contributed by atoms with Crippen molar-refractivity contribution >= 4 is 17.3 Å². The number of benzene rings is 1. The molecule has 1 aliphatic heterocycles. The van der Waals surface area contributed by atoms with Gasteiger partial charge in [0.1, 0.15) is 5.82 Å². The van der Waals surface area contributed by atoms with Crippen molar-refractivity contribution in [2.75, 3.05) is 23.3 Å². The van der Waals surface area contributed by atoms with Crippen LogP contribution in [0.15, 0.2) is 36.4 Å². The summed E-state index contributed by atoms with van der Waals surface area (Å²) >= 11 is 0. The number of anilines is 2. The van der Waals surface area contributed by atoms with Crippen LogP contribution in [0.2, 0.25) is 0 Å². The van der Waals surface area contributed by atoms with E-state index in [9.17, 15) is 13.2 Å². The van der Waals surface area contributed by atoms with Gasteiger partial charge in [0.15, 0.2) is 0 Å². The minimum atomic E-state index is -4.60. The number of alkyl halides is 3. The fraction of sp³-hybridized carbons (Fsp3) is 0.389. The highest BCUT2D eigenvalue weighted by atomic mass is 19.4. The minimum absolute atomic E-state index is 0.0320. The van der Waals surface area contributed by atoms with Crippen LogP contribution in [0, 0.1) is 6.92 Å². The van der Waals surface area contributed by atoms with Gasteiger partial charge in [0, 0.05) is 36.6 Å². The second-order valence-electron chi connectivity index (χ2n) is 6.70. The van der Waals surface area contributed by atoms with Crippen molar-refractivity contribution in [2.24, 2.45) is 0 Å². The molecule has 4 rings (SSSR count). The third-order valence-corrected chi connectivity index (χ3v) is 4.56. The number of halogens is 3. The molecule has 1 aromatic carbocycles.